The first kappa shape index (κ1) is 31.1. The zero-order valence-electron chi connectivity index (χ0n) is 31.3. The van der Waals surface area contributed by atoms with Gasteiger partial charge in [0, 0.05) is 69.2 Å². The lowest BCUT2D eigenvalue weighted by atomic mass is 9.69. The van der Waals surface area contributed by atoms with E-state index in [0.29, 0.717) is 0 Å². The van der Waals surface area contributed by atoms with Crippen LogP contribution in [0.25, 0.3) is 66.1 Å². The molecule has 3 aliphatic carbocycles. The molecule has 57 heavy (non-hydrogen) atoms. The number of pyridine rings is 2. The quantitative estimate of drug-likeness (QED) is 0.182. The van der Waals surface area contributed by atoms with E-state index in [4.69, 9.17) is 4.99 Å². The minimum absolute atomic E-state index is 0.255. The number of para-hydroxylation sites is 1. The van der Waals surface area contributed by atoms with E-state index >= 15 is 0 Å². The maximum atomic E-state index is 5.17. The number of rotatable bonds is 3. The first-order valence-corrected chi connectivity index (χ1v) is 19.9. The Morgan fingerprint density at radius 2 is 1.28 bits per heavy atom. The fourth-order valence-electron chi connectivity index (χ4n) is 11.0. The molecule has 0 bridgehead atoms. The van der Waals surface area contributed by atoms with Crippen molar-refractivity contribution in [2.45, 2.75) is 18.3 Å². The summed E-state index contributed by atoms with van der Waals surface area (Å²) in [6.45, 7) is 3.08. The number of fused-ring (bicyclic) bond motifs is 17. The van der Waals surface area contributed by atoms with Crippen LogP contribution in [-0.4, -0.2) is 31.4 Å². The van der Waals surface area contributed by atoms with Crippen LogP contribution in [0, 0.1) is 5.92 Å². The van der Waals surface area contributed by atoms with Gasteiger partial charge >= 0.3 is 0 Å². The molecule has 2 unspecified atom stereocenters. The summed E-state index contributed by atoms with van der Waals surface area (Å²) in [5, 5.41) is 4.83. The largest absolute Gasteiger partial charge is 0.310 e. The van der Waals surface area contributed by atoms with Crippen molar-refractivity contribution in [2.75, 3.05) is 6.54 Å². The van der Waals surface area contributed by atoms with E-state index in [-0.39, 0.29) is 11.8 Å². The number of aromatic nitrogens is 4. The number of nitrogens with zero attached hydrogens (tertiary/aromatic N) is 5. The molecule has 0 saturated carbocycles. The standard InChI is InChI=1S/C52H35N5/c1-31-28-34(18-19-35(31)32-14-16-33(17-15-32)56-46-23-25-53-29-40(46)41-30-54-26-24-47(41)56)57-45-13-7-4-10-38(45)49-48(57)21-20-39-50(49)52(44-22-27-55-51(39)44)42-11-5-2-8-36(42)37-9-3-6-12-43(37)52/h2-26,28-31,35H,27H2,1H3. The van der Waals surface area contributed by atoms with Gasteiger partial charge in [-0.2, -0.15) is 0 Å². The third-order valence-corrected chi connectivity index (χ3v) is 13.3. The van der Waals surface area contributed by atoms with E-state index in [2.05, 4.69) is 172 Å². The van der Waals surface area contributed by atoms with Crippen molar-refractivity contribution in [3.05, 3.63) is 204 Å². The van der Waals surface area contributed by atoms with Gasteiger partial charge in [-0.15, -0.1) is 0 Å². The predicted octanol–water partition coefficient (Wildman–Crippen LogP) is 11.6. The fourth-order valence-corrected chi connectivity index (χ4v) is 11.0. The van der Waals surface area contributed by atoms with Gasteiger partial charge < -0.3 is 9.13 Å². The van der Waals surface area contributed by atoms with Crippen molar-refractivity contribution in [1.29, 1.82) is 0 Å². The second-order valence-corrected chi connectivity index (χ2v) is 15.9. The molecule has 5 heteroatoms. The van der Waals surface area contributed by atoms with Crippen LogP contribution in [0.4, 0.5) is 0 Å². The van der Waals surface area contributed by atoms with Crippen LogP contribution in [0.5, 0.6) is 0 Å². The topological polar surface area (TPSA) is 48.0 Å². The van der Waals surface area contributed by atoms with Crippen molar-refractivity contribution >= 4 is 55.0 Å². The Morgan fingerprint density at radius 3 is 2.00 bits per heavy atom. The maximum Gasteiger partial charge on any atom is 0.0745 e. The number of hydrogen-bond acceptors (Lipinski definition) is 3. The molecule has 0 fully saturated rings. The molecule has 4 aliphatic rings. The van der Waals surface area contributed by atoms with Gasteiger partial charge in [0.2, 0.25) is 0 Å². The average molecular weight is 730 g/mol. The minimum atomic E-state index is -0.416. The smallest absolute Gasteiger partial charge is 0.0745 e. The summed E-state index contributed by atoms with van der Waals surface area (Å²) in [6, 6.07) is 45.1. The van der Waals surface area contributed by atoms with Crippen LogP contribution >= 0.6 is 0 Å². The van der Waals surface area contributed by atoms with E-state index in [1.807, 2.05) is 24.8 Å². The molecule has 13 rings (SSSR count). The molecule has 0 radical (unpaired) electrons. The second-order valence-electron chi connectivity index (χ2n) is 15.9. The zero-order valence-corrected chi connectivity index (χ0v) is 31.3. The Hall–Kier alpha value is -7.11. The molecule has 1 aliphatic heterocycles. The normalized spacial score (nSPS) is 18.6. The van der Waals surface area contributed by atoms with E-state index in [9.17, 15) is 0 Å². The fraction of sp³-hybridized carbons (Fsp3) is 0.0962. The molecule has 0 saturated heterocycles. The van der Waals surface area contributed by atoms with Crippen molar-refractivity contribution in [3.63, 3.8) is 0 Å². The van der Waals surface area contributed by atoms with Gasteiger partial charge in [-0.05, 0) is 87.3 Å². The van der Waals surface area contributed by atoms with Crippen molar-refractivity contribution < 1.29 is 0 Å². The van der Waals surface area contributed by atoms with Gasteiger partial charge in [0.15, 0.2) is 0 Å². The molecule has 9 aromatic rings. The molecule has 1 spiro atoms. The molecule has 5 heterocycles. The van der Waals surface area contributed by atoms with Crippen LogP contribution < -0.4 is 0 Å². The molecule has 268 valence electrons. The van der Waals surface area contributed by atoms with E-state index in [1.54, 1.807) is 0 Å². The summed E-state index contributed by atoms with van der Waals surface area (Å²) < 4.78 is 4.83. The highest BCUT2D eigenvalue weighted by atomic mass is 15.0. The first-order valence-electron chi connectivity index (χ1n) is 19.9. The summed E-state index contributed by atoms with van der Waals surface area (Å²) in [5.41, 5.74) is 18.5. The van der Waals surface area contributed by atoms with E-state index in [1.165, 1.54) is 72.0 Å². The maximum absolute atomic E-state index is 5.17. The number of allylic oxidation sites excluding steroid dienone is 5. The van der Waals surface area contributed by atoms with Gasteiger partial charge in [-0.3, -0.25) is 15.0 Å². The molecule has 2 atom stereocenters. The van der Waals surface area contributed by atoms with Gasteiger partial charge in [-0.25, -0.2) is 0 Å². The molecule has 5 aromatic carbocycles. The lowest BCUT2D eigenvalue weighted by molar-refractivity contribution is 0.635. The highest BCUT2D eigenvalue weighted by molar-refractivity contribution is 6.28. The summed E-state index contributed by atoms with van der Waals surface area (Å²) >= 11 is 0. The Balaban J connectivity index is 0.950. The third-order valence-electron chi connectivity index (χ3n) is 13.3. The Kier molecular flexibility index (Phi) is 6.14. The highest BCUT2D eigenvalue weighted by Gasteiger charge is 2.55. The lowest BCUT2D eigenvalue weighted by Crippen LogP contribution is -2.27. The van der Waals surface area contributed by atoms with Crippen molar-refractivity contribution in [3.8, 4) is 16.8 Å². The number of benzene rings is 5. The first-order chi connectivity index (χ1) is 28.2. The molecule has 0 N–H and O–H groups in total. The monoisotopic (exact) mass is 729 g/mol. The van der Waals surface area contributed by atoms with Crippen LogP contribution in [0.15, 0.2) is 181 Å². The molecule has 5 nitrogen and oxygen atoms in total. The molecule has 0 amide bonds. The summed E-state index contributed by atoms with van der Waals surface area (Å²) in [7, 11) is 0. The predicted molar refractivity (Wildman–Crippen MR) is 232 cm³/mol. The minimum Gasteiger partial charge on any atom is -0.310 e. The number of hydrogen-bond donors (Lipinski definition) is 0. The lowest BCUT2D eigenvalue weighted by Gasteiger charge is -2.30. The van der Waals surface area contributed by atoms with Crippen LogP contribution in [-0.2, 0) is 5.41 Å². The zero-order chi connectivity index (χ0) is 37.4. The molecule has 4 aromatic heterocycles. The third kappa shape index (κ3) is 3.91. The Morgan fingerprint density at radius 1 is 0.614 bits per heavy atom. The van der Waals surface area contributed by atoms with Crippen molar-refractivity contribution in [2.24, 2.45) is 10.9 Å². The van der Waals surface area contributed by atoms with E-state index in [0.717, 1.165) is 39.7 Å². The summed E-state index contributed by atoms with van der Waals surface area (Å²) in [6.07, 6.45) is 17.2. The average Bonchev–Trinajstić information content (AvgIpc) is 4.07. The molecular weight excluding hydrogens is 695 g/mol. The number of aliphatic imine (C=N–C) groups is 1. The second kappa shape index (κ2) is 11.2. The SMILES string of the molecule is CC1C=C(n2c3ccccc3c3c4c(ccc32)C2=NCC=C2C42c3ccccc3-c3ccccc32)C=CC1c1ccc(-n2c3ccncc3c3cnccc32)cc1. The van der Waals surface area contributed by atoms with Crippen LogP contribution in [0.2, 0.25) is 0 Å². The van der Waals surface area contributed by atoms with Gasteiger partial charge in [0.1, 0.15) is 0 Å². The Bertz CT molecular complexity index is 3250. The highest BCUT2D eigenvalue weighted by Crippen LogP contribution is 2.63. The van der Waals surface area contributed by atoms with Gasteiger partial charge in [0.05, 0.1) is 39.7 Å². The Labute approximate surface area is 329 Å². The van der Waals surface area contributed by atoms with Crippen LogP contribution in [0.1, 0.15) is 40.7 Å². The molecular formula is C52H35N5. The van der Waals surface area contributed by atoms with Crippen molar-refractivity contribution in [1.82, 2.24) is 19.1 Å². The van der Waals surface area contributed by atoms with Gasteiger partial charge in [0.25, 0.3) is 0 Å². The summed E-state index contributed by atoms with van der Waals surface area (Å²) in [4.78, 5) is 14.0. The van der Waals surface area contributed by atoms with E-state index < -0.39 is 5.41 Å². The summed E-state index contributed by atoms with van der Waals surface area (Å²) in [5.74, 6) is 0.538. The van der Waals surface area contributed by atoms with Crippen LogP contribution in [0.3, 0.4) is 0 Å². The van der Waals surface area contributed by atoms with Gasteiger partial charge in [-0.1, -0.05) is 110 Å².